The van der Waals surface area contributed by atoms with Crippen molar-refractivity contribution in [1.29, 1.82) is 0 Å². The van der Waals surface area contributed by atoms with Crippen molar-refractivity contribution < 1.29 is 5.11 Å². The molecule has 0 amide bonds. The topological polar surface area (TPSA) is 49.6 Å². The molecule has 1 aliphatic carbocycles. The second-order valence-corrected chi connectivity index (χ2v) is 5.89. The first-order chi connectivity index (χ1) is 8.83. The average Bonchev–Trinajstić information content (AvgIpc) is 2.86. The van der Waals surface area contributed by atoms with Crippen LogP contribution < -0.4 is 5.32 Å². The Morgan fingerprint density at radius 3 is 3.17 bits per heavy atom. The number of hydrogen-bond donors (Lipinski definition) is 2. The van der Waals surface area contributed by atoms with Crippen molar-refractivity contribution >= 4 is 16.3 Å². The molecule has 4 nitrogen and oxygen atoms in total. The molecule has 0 aromatic carbocycles. The Morgan fingerprint density at radius 1 is 1.39 bits per heavy atom. The normalized spacial score (nSPS) is 25.4. The second kappa shape index (κ2) is 5.38. The molecular weight excluding hydrogens is 246 g/mol. The van der Waals surface area contributed by atoms with E-state index < -0.39 is 0 Å². The van der Waals surface area contributed by atoms with E-state index in [2.05, 4.69) is 16.5 Å². The lowest BCUT2D eigenvalue weighted by molar-refractivity contribution is 0.119. The van der Waals surface area contributed by atoms with Crippen molar-refractivity contribution in [3.8, 4) is 0 Å². The molecule has 18 heavy (non-hydrogen) atoms. The highest BCUT2D eigenvalue weighted by Gasteiger charge is 2.21. The van der Waals surface area contributed by atoms with E-state index in [9.17, 15) is 5.11 Å². The number of aliphatic hydroxyl groups excluding tert-OH is 1. The molecular formula is C13H19N3OS. The van der Waals surface area contributed by atoms with Gasteiger partial charge in [-0.25, -0.2) is 4.98 Å². The molecule has 0 radical (unpaired) electrons. The molecule has 2 aromatic heterocycles. The third kappa shape index (κ3) is 2.58. The first kappa shape index (κ1) is 12.1. The molecule has 0 aliphatic heterocycles. The monoisotopic (exact) mass is 265 g/mol. The summed E-state index contributed by atoms with van der Waals surface area (Å²) in [7, 11) is 0. The number of fused-ring (bicyclic) bond motifs is 1. The number of hydrogen-bond acceptors (Lipinski definition) is 4. The van der Waals surface area contributed by atoms with Crippen LogP contribution in [-0.2, 0) is 6.54 Å². The first-order valence-corrected chi connectivity index (χ1v) is 7.53. The van der Waals surface area contributed by atoms with Crippen LogP contribution in [0, 0.1) is 0 Å². The molecule has 0 spiro atoms. The van der Waals surface area contributed by atoms with Gasteiger partial charge in [0.25, 0.3) is 0 Å². The highest BCUT2D eigenvalue weighted by molar-refractivity contribution is 7.15. The van der Waals surface area contributed by atoms with Gasteiger partial charge in [0.15, 0.2) is 4.96 Å². The van der Waals surface area contributed by atoms with Gasteiger partial charge >= 0.3 is 0 Å². The minimum absolute atomic E-state index is 0.198. The van der Waals surface area contributed by atoms with Crippen LogP contribution in [0.2, 0.25) is 0 Å². The fourth-order valence-corrected chi connectivity index (χ4v) is 3.34. The van der Waals surface area contributed by atoms with Crippen molar-refractivity contribution in [3.05, 3.63) is 23.5 Å². The maximum Gasteiger partial charge on any atom is 0.193 e. The minimum atomic E-state index is -0.198. The third-order valence-corrected chi connectivity index (χ3v) is 4.44. The van der Waals surface area contributed by atoms with Crippen LogP contribution in [0.4, 0.5) is 0 Å². The number of aliphatic hydroxyl groups is 1. The molecule has 2 aromatic rings. The van der Waals surface area contributed by atoms with E-state index in [0.717, 1.165) is 36.5 Å². The van der Waals surface area contributed by atoms with Crippen molar-refractivity contribution in [2.75, 3.05) is 0 Å². The Hall–Kier alpha value is -0.910. The Bertz CT molecular complexity index is 479. The molecule has 98 valence electrons. The minimum Gasteiger partial charge on any atom is -0.392 e. The fourth-order valence-electron chi connectivity index (χ4n) is 2.62. The Kier molecular flexibility index (Phi) is 3.63. The Morgan fingerprint density at radius 2 is 2.28 bits per heavy atom. The number of nitrogens with one attached hydrogen (secondary N) is 1. The van der Waals surface area contributed by atoms with Gasteiger partial charge in [0.1, 0.15) is 0 Å². The van der Waals surface area contributed by atoms with E-state index in [1.165, 1.54) is 12.8 Å². The first-order valence-electron chi connectivity index (χ1n) is 6.65. The average molecular weight is 265 g/mol. The van der Waals surface area contributed by atoms with E-state index >= 15 is 0 Å². The highest BCUT2D eigenvalue weighted by atomic mass is 32.1. The fraction of sp³-hybridized carbons (Fsp3) is 0.615. The molecule has 5 heteroatoms. The van der Waals surface area contributed by atoms with Gasteiger partial charge in [0.2, 0.25) is 0 Å². The number of rotatable bonds is 3. The summed E-state index contributed by atoms with van der Waals surface area (Å²) in [5, 5.41) is 15.5. The van der Waals surface area contributed by atoms with Gasteiger partial charge in [-0.15, -0.1) is 11.3 Å². The zero-order valence-electron chi connectivity index (χ0n) is 10.4. The van der Waals surface area contributed by atoms with Crippen LogP contribution >= 0.6 is 11.3 Å². The van der Waals surface area contributed by atoms with Gasteiger partial charge in [-0.3, -0.25) is 4.40 Å². The van der Waals surface area contributed by atoms with Crippen molar-refractivity contribution in [2.45, 2.75) is 50.8 Å². The van der Waals surface area contributed by atoms with Gasteiger partial charge in [-0.2, -0.15) is 0 Å². The predicted octanol–water partition coefficient (Wildman–Crippen LogP) is 2.18. The Labute approximate surface area is 111 Å². The molecule has 2 heterocycles. The molecule has 3 rings (SSSR count). The Balaban J connectivity index is 1.61. The summed E-state index contributed by atoms with van der Waals surface area (Å²) < 4.78 is 2.05. The van der Waals surface area contributed by atoms with Crippen LogP contribution in [-0.4, -0.2) is 26.6 Å². The lowest BCUT2D eigenvalue weighted by Gasteiger charge is -2.21. The van der Waals surface area contributed by atoms with Gasteiger partial charge in [-0.05, 0) is 12.8 Å². The SMILES string of the molecule is OC1CCCCCC1NCc1cn2ccsc2n1. The molecule has 1 fully saturated rings. The number of imidazole rings is 1. The van der Waals surface area contributed by atoms with Gasteiger partial charge < -0.3 is 10.4 Å². The summed E-state index contributed by atoms with van der Waals surface area (Å²) in [6.45, 7) is 0.746. The van der Waals surface area contributed by atoms with Crippen LogP contribution in [0.5, 0.6) is 0 Å². The van der Waals surface area contributed by atoms with E-state index in [0.29, 0.717) is 0 Å². The van der Waals surface area contributed by atoms with Crippen molar-refractivity contribution in [3.63, 3.8) is 0 Å². The lowest BCUT2D eigenvalue weighted by Crippen LogP contribution is -2.38. The maximum absolute atomic E-state index is 10.0. The quantitative estimate of drug-likeness (QED) is 0.836. The summed E-state index contributed by atoms with van der Waals surface area (Å²) in [6, 6.07) is 0.229. The summed E-state index contributed by atoms with van der Waals surface area (Å²) >= 11 is 1.65. The summed E-state index contributed by atoms with van der Waals surface area (Å²) in [5.74, 6) is 0. The van der Waals surface area contributed by atoms with Crippen LogP contribution in [0.1, 0.15) is 37.8 Å². The van der Waals surface area contributed by atoms with Crippen molar-refractivity contribution in [2.24, 2.45) is 0 Å². The predicted molar refractivity (Wildman–Crippen MR) is 72.8 cm³/mol. The zero-order valence-corrected chi connectivity index (χ0v) is 11.2. The molecule has 0 saturated heterocycles. The van der Waals surface area contributed by atoms with Crippen LogP contribution in [0.25, 0.3) is 4.96 Å². The summed E-state index contributed by atoms with van der Waals surface area (Å²) in [6.07, 6.45) is 9.50. The molecule has 2 unspecified atom stereocenters. The number of thiazole rings is 1. The van der Waals surface area contributed by atoms with Gasteiger partial charge in [0, 0.05) is 30.4 Å². The van der Waals surface area contributed by atoms with Crippen LogP contribution in [0.15, 0.2) is 17.8 Å². The summed E-state index contributed by atoms with van der Waals surface area (Å²) in [5.41, 5.74) is 1.05. The molecule has 2 atom stereocenters. The van der Waals surface area contributed by atoms with Crippen LogP contribution in [0.3, 0.4) is 0 Å². The largest absolute Gasteiger partial charge is 0.392 e. The zero-order chi connectivity index (χ0) is 12.4. The van der Waals surface area contributed by atoms with E-state index in [1.807, 2.05) is 16.0 Å². The maximum atomic E-state index is 10.0. The highest BCUT2D eigenvalue weighted by Crippen LogP contribution is 2.18. The standard InChI is InChI=1S/C13H19N3OS/c17-12-5-3-1-2-4-11(12)14-8-10-9-16-6-7-18-13(16)15-10/h6-7,9,11-12,14,17H,1-5,8H2. The van der Waals surface area contributed by atoms with Gasteiger partial charge in [0.05, 0.1) is 11.8 Å². The van der Waals surface area contributed by atoms with E-state index in [1.54, 1.807) is 11.3 Å². The number of nitrogens with zero attached hydrogens (tertiary/aromatic N) is 2. The van der Waals surface area contributed by atoms with Crippen molar-refractivity contribution in [1.82, 2.24) is 14.7 Å². The molecule has 1 saturated carbocycles. The second-order valence-electron chi connectivity index (χ2n) is 5.02. The van der Waals surface area contributed by atoms with E-state index in [-0.39, 0.29) is 12.1 Å². The smallest absolute Gasteiger partial charge is 0.193 e. The molecule has 1 aliphatic rings. The van der Waals surface area contributed by atoms with E-state index in [4.69, 9.17) is 0 Å². The number of aromatic nitrogens is 2. The summed E-state index contributed by atoms with van der Waals surface area (Å²) in [4.78, 5) is 5.58. The third-order valence-electron chi connectivity index (χ3n) is 3.67. The lowest BCUT2D eigenvalue weighted by atomic mass is 10.1. The molecule has 0 bridgehead atoms. The van der Waals surface area contributed by atoms with Gasteiger partial charge in [-0.1, -0.05) is 19.3 Å². The molecule has 2 N–H and O–H groups in total.